The van der Waals surface area contributed by atoms with Crippen molar-refractivity contribution < 1.29 is 29.1 Å². The summed E-state index contributed by atoms with van der Waals surface area (Å²) in [6.45, 7) is 20.4. The van der Waals surface area contributed by atoms with Gasteiger partial charge < -0.3 is 50.1 Å². The topological polar surface area (TPSA) is 219 Å². The summed E-state index contributed by atoms with van der Waals surface area (Å²) in [4.78, 5) is 52.6. The summed E-state index contributed by atoms with van der Waals surface area (Å²) in [5.74, 6) is 2.38. The Kier molecular flexibility index (Phi) is 16.4. The lowest BCUT2D eigenvalue weighted by Gasteiger charge is -2.48. The number of likely N-dealkylation sites (tertiary alicyclic amines) is 1. The van der Waals surface area contributed by atoms with Gasteiger partial charge in [0.2, 0.25) is 17.7 Å². The number of aromatic hydroxyl groups is 1. The van der Waals surface area contributed by atoms with E-state index in [-0.39, 0.29) is 48.6 Å². The van der Waals surface area contributed by atoms with E-state index in [0.717, 1.165) is 130 Å². The van der Waals surface area contributed by atoms with Gasteiger partial charge in [0.1, 0.15) is 23.8 Å². The van der Waals surface area contributed by atoms with Gasteiger partial charge in [0.05, 0.1) is 39.6 Å². The van der Waals surface area contributed by atoms with Gasteiger partial charge in [0, 0.05) is 119 Å². The molecule has 0 radical (unpaired) electrons. The highest BCUT2D eigenvalue weighted by molar-refractivity contribution is 7.13. The van der Waals surface area contributed by atoms with E-state index in [2.05, 4.69) is 81.1 Å². The first kappa shape index (κ1) is 56.6. The monoisotopic (exact) mass is 1150 g/mol. The number of benzene rings is 2. The number of phenolic OH excluding ortho intramolecular Hbond substituents is 1. The SMILES string of the molecule is Cc1ncsc1-c1ccc([C@H](C)NC(=O)[C@@H]2C[C@@H](O)CN2C(=O)[C@@H](c2cc(N3CCC(CN4CC(C)N(C[C@H]5C[C@H](Oc6cc(N7C8CCC7CN(c7cc(-c9ccccc9O)nnc7N)C8)ccn6)C5)C(C)C4)CC3)no2)C(C)C)cc1. The van der Waals surface area contributed by atoms with Gasteiger partial charge in [0.15, 0.2) is 17.4 Å². The number of carbonyl (C=O) groups excluding carboxylic acids is 2. The number of aromatic nitrogens is 5. The molecule has 9 heterocycles. The molecule has 4 aromatic heterocycles. The zero-order valence-electron chi connectivity index (χ0n) is 48.8. The van der Waals surface area contributed by atoms with Crippen LogP contribution in [0.3, 0.4) is 0 Å². The first-order valence-electron chi connectivity index (χ1n) is 30.2. The Bertz CT molecular complexity index is 3210. The summed E-state index contributed by atoms with van der Waals surface area (Å²) in [6.07, 6.45) is 7.78. The van der Waals surface area contributed by atoms with Crippen molar-refractivity contribution in [1.29, 1.82) is 0 Å². The number of hydrogen-bond donors (Lipinski definition) is 4. The number of amides is 2. The summed E-state index contributed by atoms with van der Waals surface area (Å²) >= 11 is 1.60. The molecule has 2 amide bonds. The lowest BCUT2D eigenvalue weighted by molar-refractivity contribution is -0.141. The first-order valence-corrected chi connectivity index (χ1v) is 31.0. The molecule has 20 heteroatoms. The lowest BCUT2D eigenvalue weighted by atomic mass is 9.81. The number of piperazine rings is 2. The minimum atomic E-state index is -0.802. The number of aryl methyl sites for hydroxylation is 1. The van der Waals surface area contributed by atoms with Crippen LogP contribution in [0.15, 0.2) is 89.0 Å². The molecule has 19 nitrogen and oxygen atoms in total. The maximum absolute atomic E-state index is 14.5. The third-order valence-electron chi connectivity index (χ3n) is 18.8. The molecule has 6 fully saturated rings. The van der Waals surface area contributed by atoms with Crippen molar-refractivity contribution in [2.45, 2.75) is 141 Å². The molecule has 5 aliphatic heterocycles. The van der Waals surface area contributed by atoms with E-state index in [1.807, 2.05) is 87.9 Å². The molecule has 1 aliphatic carbocycles. The number of nitrogen functional groups attached to an aromatic ring is 1. The van der Waals surface area contributed by atoms with Crippen molar-refractivity contribution in [1.82, 2.24) is 45.3 Å². The number of nitrogens with zero attached hydrogens (tertiary/aromatic N) is 11. The zero-order chi connectivity index (χ0) is 57.6. The van der Waals surface area contributed by atoms with Crippen molar-refractivity contribution in [3.63, 3.8) is 0 Å². The normalized spacial score (nSPS) is 25.9. The number of piperidine rings is 1. The standard InChI is InChI=1S/C63H81N13O6S/c1-37(2)59(63(80)75-35-49(77)26-54(75)62(79)67-40(5)44-11-13-45(14-12-44)60-41(6)66-36-83-60)56-28-57(70-82-56)72-21-18-42(19-22-72)31-71-29-38(3)74(39(4)30-71)32-43-23-50(24-43)81-58-25-46(17-20-65-58)76-47-15-16-48(76)34-73(33-47)53-27-52(68-69-61(53)64)51-9-7-8-10-55(51)78/h7-14,17,20,25,27-28,36-40,42-43,47-50,54,59,77-78H,15-16,18-19,21-24,26,29-35H2,1-6H3,(H2,64,69)(H,67,79)/t38?,39?,40-,43-,47?,48?,49+,50-,54-,59+/m0/s1. The fraction of sp³-hybridized carbons (Fsp3) is 0.540. The number of phenols is 1. The van der Waals surface area contributed by atoms with Crippen LogP contribution in [0.5, 0.6) is 11.6 Å². The highest BCUT2D eigenvalue weighted by Gasteiger charge is 2.45. The number of anilines is 4. The van der Waals surface area contributed by atoms with Crippen LogP contribution in [0, 0.1) is 24.7 Å². The minimum Gasteiger partial charge on any atom is -0.507 e. The average molecular weight is 1150 g/mol. The van der Waals surface area contributed by atoms with Gasteiger partial charge in [-0.1, -0.05) is 55.4 Å². The Hall–Kier alpha value is -6.87. The number of thiazole rings is 1. The van der Waals surface area contributed by atoms with E-state index in [1.165, 1.54) is 0 Å². The van der Waals surface area contributed by atoms with Crippen LogP contribution < -0.4 is 30.5 Å². The van der Waals surface area contributed by atoms with E-state index >= 15 is 0 Å². The largest absolute Gasteiger partial charge is 0.507 e. The Morgan fingerprint density at radius 2 is 1.58 bits per heavy atom. The number of ether oxygens (including phenoxy) is 1. The van der Waals surface area contributed by atoms with Crippen LogP contribution in [0.4, 0.5) is 23.0 Å². The molecule has 1 saturated carbocycles. The number of para-hydroxylation sites is 1. The molecular weight excluding hydrogens is 1070 g/mol. The van der Waals surface area contributed by atoms with Crippen molar-refractivity contribution >= 4 is 46.2 Å². The molecule has 2 aromatic carbocycles. The van der Waals surface area contributed by atoms with Crippen molar-refractivity contribution in [3.05, 3.63) is 102 Å². The quantitative estimate of drug-likeness (QED) is 0.0677. The van der Waals surface area contributed by atoms with Crippen LogP contribution >= 0.6 is 11.3 Å². The second-order valence-corrected chi connectivity index (χ2v) is 25.9. The van der Waals surface area contributed by atoms with Gasteiger partial charge in [0.25, 0.3) is 0 Å². The molecule has 2 bridgehead atoms. The van der Waals surface area contributed by atoms with Crippen molar-refractivity contribution in [2.75, 3.05) is 79.3 Å². The zero-order valence-corrected chi connectivity index (χ0v) is 49.6. The number of pyridine rings is 1. The van der Waals surface area contributed by atoms with Gasteiger partial charge in [-0.25, -0.2) is 9.97 Å². The molecular formula is C63H81N13O6S. The average Bonchev–Trinajstić information content (AvgIpc) is 4.41. The number of fused-ring (bicyclic) bond motifs is 2. The Labute approximate surface area is 491 Å². The third kappa shape index (κ3) is 12.0. The summed E-state index contributed by atoms with van der Waals surface area (Å²) in [6, 6.07) is 23.9. The molecule has 83 heavy (non-hydrogen) atoms. The second-order valence-electron chi connectivity index (χ2n) is 25.0. The number of rotatable bonds is 17. The molecule has 4 unspecified atom stereocenters. The summed E-state index contributed by atoms with van der Waals surface area (Å²) in [5.41, 5.74) is 14.5. The van der Waals surface area contributed by atoms with Crippen LogP contribution in [0.1, 0.15) is 109 Å². The van der Waals surface area contributed by atoms with Crippen LogP contribution in [0.2, 0.25) is 0 Å². The van der Waals surface area contributed by atoms with E-state index in [4.69, 9.17) is 15.0 Å². The first-order chi connectivity index (χ1) is 40.1. The maximum atomic E-state index is 14.5. The Morgan fingerprint density at radius 3 is 2.28 bits per heavy atom. The summed E-state index contributed by atoms with van der Waals surface area (Å²) < 4.78 is 12.6. The van der Waals surface area contributed by atoms with Gasteiger partial charge in [-0.3, -0.25) is 19.4 Å². The van der Waals surface area contributed by atoms with E-state index in [1.54, 1.807) is 28.4 Å². The van der Waals surface area contributed by atoms with Crippen molar-refractivity contribution in [2.24, 2.45) is 17.8 Å². The number of aliphatic hydroxyl groups excluding tert-OH is 1. The van der Waals surface area contributed by atoms with E-state index in [0.29, 0.717) is 64.7 Å². The number of aliphatic hydroxyl groups is 1. The van der Waals surface area contributed by atoms with Crippen molar-refractivity contribution in [3.8, 4) is 33.3 Å². The fourth-order valence-corrected chi connectivity index (χ4v) is 15.2. The van der Waals surface area contributed by atoms with Crippen LogP contribution in [-0.4, -0.2) is 163 Å². The molecule has 0 spiro atoms. The van der Waals surface area contributed by atoms with E-state index < -0.39 is 18.1 Å². The predicted octanol–water partition coefficient (Wildman–Crippen LogP) is 8.15. The smallest absolute Gasteiger partial charge is 0.243 e. The predicted molar refractivity (Wildman–Crippen MR) is 322 cm³/mol. The highest BCUT2D eigenvalue weighted by Crippen LogP contribution is 2.42. The molecule has 6 aliphatic rings. The number of nitrogens with two attached hydrogens (primary N) is 1. The van der Waals surface area contributed by atoms with Gasteiger partial charge >= 0.3 is 0 Å². The number of carbonyl (C=O) groups is 2. The second kappa shape index (κ2) is 24.0. The molecule has 440 valence electrons. The maximum Gasteiger partial charge on any atom is 0.243 e. The third-order valence-corrected chi connectivity index (χ3v) is 19.8. The molecule has 6 aromatic rings. The lowest BCUT2D eigenvalue weighted by Crippen LogP contribution is -2.59. The Morgan fingerprint density at radius 1 is 0.843 bits per heavy atom. The van der Waals surface area contributed by atoms with Gasteiger partial charge in [-0.05, 0) is 119 Å². The van der Waals surface area contributed by atoms with Gasteiger partial charge in [-0.2, -0.15) is 0 Å². The molecule has 5 saturated heterocycles. The summed E-state index contributed by atoms with van der Waals surface area (Å²) in [5, 5.41) is 37.6. The van der Waals surface area contributed by atoms with E-state index in [9.17, 15) is 19.8 Å². The van der Waals surface area contributed by atoms with Crippen LogP contribution in [-0.2, 0) is 9.59 Å². The number of nitrogens with one attached hydrogen (secondary N) is 1. The number of hydrogen-bond acceptors (Lipinski definition) is 18. The molecule has 8 atom stereocenters. The Balaban J connectivity index is 0.580. The van der Waals surface area contributed by atoms with Gasteiger partial charge in [-0.15, -0.1) is 21.5 Å². The highest BCUT2D eigenvalue weighted by atomic mass is 32.1. The number of β-amino-alcohol motifs (C(OH)–C–C–N with tert-alkyl or cyclic N) is 1. The molecule has 5 N–H and O–H groups in total. The summed E-state index contributed by atoms with van der Waals surface area (Å²) in [7, 11) is 0. The molecule has 12 rings (SSSR count). The fourth-order valence-electron chi connectivity index (χ4n) is 14.4. The van der Waals surface area contributed by atoms with Crippen LogP contribution in [0.25, 0.3) is 21.7 Å². The minimum absolute atomic E-state index is 0.0863.